The lowest BCUT2D eigenvalue weighted by molar-refractivity contribution is 0.197. The van der Waals surface area contributed by atoms with Gasteiger partial charge in [0.25, 0.3) is 0 Å². The van der Waals surface area contributed by atoms with Crippen molar-refractivity contribution in [2.75, 3.05) is 18.1 Å². The minimum atomic E-state index is -0.257. The Morgan fingerprint density at radius 2 is 1.79 bits per heavy atom. The van der Waals surface area contributed by atoms with E-state index in [0.717, 1.165) is 30.1 Å². The zero-order chi connectivity index (χ0) is 20.4. The van der Waals surface area contributed by atoms with Crippen LogP contribution in [0.4, 0.5) is 10.1 Å². The SMILES string of the molecule is C[C@H]1C(C(=S)NN2CCCCC2)=NN(c2ccccc2Cl)[C@H]1c1ccc(F)cc1. The number of hydrazine groups is 1. The Morgan fingerprint density at radius 3 is 2.48 bits per heavy atom. The summed E-state index contributed by atoms with van der Waals surface area (Å²) in [5, 5.41) is 9.59. The maximum absolute atomic E-state index is 13.5. The van der Waals surface area contributed by atoms with Crippen LogP contribution < -0.4 is 10.4 Å². The fourth-order valence-electron chi connectivity index (χ4n) is 4.02. The predicted molar refractivity (Wildman–Crippen MR) is 121 cm³/mol. The van der Waals surface area contributed by atoms with Crippen LogP contribution in [0.5, 0.6) is 0 Å². The number of nitrogens with zero attached hydrogens (tertiary/aromatic N) is 3. The minimum Gasteiger partial charge on any atom is -0.308 e. The molecule has 1 saturated heterocycles. The lowest BCUT2D eigenvalue weighted by Crippen LogP contribution is -2.47. The molecule has 0 amide bonds. The monoisotopic (exact) mass is 430 g/mol. The van der Waals surface area contributed by atoms with Gasteiger partial charge in [0.15, 0.2) is 0 Å². The number of piperidine rings is 1. The van der Waals surface area contributed by atoms with Crippen molar-refractivity contribution in [3.05, 3.63) is 64.9 Å². The van der Waals surface area contributed by atoms with Gasteiger partial charge < -0.3 is 5.43 Å². The van der Waals surface area contributed by atoms with Crippen LogP contribution in [-0.2, 0) is 0 Å². The summed E-state index contributed by atoms with van der Waals surface area (Å²) in [4.78, 5) is 0.640. The fraction of sp³-hybridized carbons (Fsp3) is 0.364. The molecule has 0 aromatic heterocycles. The van der Waals surface area contributed by atoms with E-state index in [-0.39, 0.29) is 17.8 Å². The van der Waals surface area contributed by atoms with Crippen LogP contribution >= 0.6 is 23.8 Å². The highest BCUT2D eigenvalue weighted by molar-refractivity contribution is 7.82. The first-order valence-electron chi connectivity index (χ1n) is 9.98. The number of thiocarbonyl (C=S) groups is 1. The predicted octanol–water partition coefficient (Wildman–Crippen LogP) is 5.35. The molecule has 29 heavy (non-hydrogen) atoms. The molecule has 0 spiro atoms. The van der Waals surface area contributed by atoms with E-state index < -0.39 is 0 Å². The van der Waals surface area contributed by atoms with Crippen molar-refractivity contribution in [3.63, 3.8) is 0 Å². The molecule has 2 aliphatic rings. The summed E-state index contributed by atoms with van der Waals surface area (Å²) in [5.41, 5.74) is 5.97. The van der Waals surface area contributed by atoms with Crippen LogP contribution in [0.25, 0.3) is 0 Å². The molecule has 152 valence electrons. The van der Waals surface area contributed by atoms with Crippen molar-refractivity contribution in [1.29, 1.82) is 0 Å². The van der Waals surface area contributed by atoms with Gasteiger partial charge in [0.05, 0.1) is 16.8 Å². The third-order valence-electron chi connectivity index (χ3n) is 5.54. The van der Waals surface area contributed by atoms with E-state index in [1.54, 1.807) is 12.1 Å². The molecule has 7 heteroatoms. The minimum absolute atomic E-state index is 0.0153. The Morgan fingerprint density at radius 1 is 1.10 bits per heavy atom. The Kier molecular flexibility index (Phi) is 6.13. The van der Waals surface area contributed by atoms with Gasteiger partial charge >= 0.3 is 0 Å². The molecule has 0 saturated carbocycles. The molecule has 0 bridgehead atoms. The molecule has 2 aliphatic heterocycles. The van der Waals surface area contributed by atoms with Gasteiger partial charge in [-0.15, -0.1) is 0 Å². The highest BCUT2D eigenvalue weighted by atomic mass is 35.5. The third kappa shape index (κ3) is 4.29. The number of hydrazone groups is 1. The Bertz CT molecular complexity index is 911. The lowest BCUT2D eigenvalue weighted by Gasteiger charge is -2.29. The van der Waals surface area contributed by atoms with Crippen LogP contribution in [0.15, 0.2) is 53.6 Å². The van der Waals surface area contributed by atoms with Gasteiger partial charge in [-0.25, -0.2) is 9.40 Å². The second-order valence-corrected chi connectivity index (χ2v) is 8.37. The fourth-order valence-corrected chi connectivity index (χ4v) is 4.60. The van der Waals surface area contributed by atoms with Crippen LogP contribution in [0, 0.1) is 11.7 Å². The number of para-hydroxylation sites is 1. The number of nitrogens with one attached hydrogen (secondary N) is 1. The zero-order valence-corrected chi connectivity index (χ0v) is 17.9. The highest BCUT2D eigenvalue weighted by Gasteiger charge is 2.39. The summed E-state index contributed by atoms with van der Waals surface area (Å²) in [6.45, 7) is 4.07. The molecule has 0 aliphatic carbocycles. The smallest absolute Gasteiger partial charge is 0.137 e. The highest BCUT2D eigenvalue weighted by Crippen LogP contribution is 2.41. The number of hydrogen-bond acceptors (Lipinski definition) is 4. The summed E-state index contributed by atoms with van der Waals surface area (Å²) in [7, 11) is 0. The molecule has 0 radical (unpaired) electrons. The molecule has 2 heterocycles. The van der Waals surface area contributed by atoms with E-state index in [4.69, 9.17) is 28.9 Å². The van der Waals surface area contributed by atoms with Crippen LogP contribution in [-0.4, -0.2) is 28.8 Å². The van der Waals surface area contributed by atoms with Crippen molar-refractivity contribution >= 4 is 40.2 Å². The van der Waals surface area contributed by atoms with E-state index in [2.05, 4.69) is 17.4 Å². The third-order valence-corrected chi connectivity index (χ3v) is 6.16. The van der Waals surface area contributed by atoms with E-state index in [1.807, 2.05) is 29.3 Å². The molecule has 2 atom stereocenters. The van der Waals surface area contributed by atoms with Gasteiger partial charge in [-0.1, -0.05) is 61.4 Å². The summed E-state index contributed by atoms with van der Waals surface area (Å²) < 4.78 is 13.5. The first kappa shape index (κ1) is 20.3. The van der Waals surface area contributed by atoms with Gasteiger partial charge in [0.1, 0.15) is 16.5 Å². The second-order valence-electron chi connectivity index (χ2n) is 7.55. The molecule has 0 unspecified atom stereocenters. The lowest BCUT2D eigenvalue weighted by atomic mass is 9.91. The summed E-state index contributed by atoms with van der Waals surface area (Å²) in [5.74, 6) is -0.242. The molecule has 1 N–H and O–H groups in total. The Labute approximate surface area is 181 Å². The van der Waals surface area contributed by atoms with Crippen LogP contribution in [0.2, 0.25) is 5.02 Å². The van der Waals surface area contributed by atoms with Crippen molar-refractivity contribution in [2.24, 2.45) is 11.0 Å². The number of rotatable bonds is 4. The summed E-state index contributed by atoms with van der Waals surface area (Å²) in [6, 6.07) is 14.1. The van der Waals surface area contributed by atoms with Gasteiger partial charge in [-0.05, 0) is 42.7 Å². The zero-order valence-electron chi connectivity index (χ0n) is 16.3. The standard InChI is InChI=1S/C22H24ClFN4S/c1-15-20(22(29)26-27-13-5-2-6-14-27)25-28(19-8-4-3-7-18(19)23)21(15)16-9-11-17(24)12-10-16/h3-4,7-12,15,21H,2,5-6,13-14H2,1H3,(H,26,29)/t15-,21+/m0/s1. The van der Waals surface area contributed by atoms with Crippen molar-refractivity contribution < 1.29 is 4.39 Å². The summed E-state index contributed by atoms with van der Waals surface area (Å²) >= 11 is 12.2. The number of benzene rings is 2. The average Bonchev–Trinajstić information content (AvgIpc) is 3.07. The van der Waals surface area contributed by atoms with E-state index in [0.29, 0.717) is 10.0 Å². The number of halogens is 2. The quantitative estimate of drug-likeness (QED) is 0.662. The largest absolute Gasteiger partial charge is 0.308 e. The van der Waals surface area contributed by atoms with Gasteiger partial charge in [-0.3, -0.25) is 5.01 Å². The molecule has 2 aromatic carbocycles. The van der Waals surface area contributed by atoms with Gasteiger partial charge in [-0.2, -0.15) is 5.10 Å². The normalized spacial score (nSPS) is 22.4. The van der Waals surface area contributed by atoms with E-state index in [1.165, 1.54) is 31.4 Å². The first-order valence-corrected chi connectivity index (χ1v) is 10.8. The topological polar surface area (TPSA) is 30.9 Å². The van der Waals surface area contributed by atoms with E-state index >= 15 is 0 Å². The molecule has 1 fully saturated rings. The maximum Gasteiger partial charge on any atom is 0.137 e. The molecule has 2 aromatic rings. The Hall–Kier alpha value is -2.02. The van der Waals surface area contributed by atoms with Crippen molar-refractivity contribution in [3.8, 4) is 0 Å². The van der Waals surface area contributed by atoms with E-state index in [9.17, 15) is 4.39 Å². The molecular formula is C22H24ClFN4S. The van der Waals surface area contributed by atoms with Crippen LogP contribution in [0.3, 0.4) is 0 Å². The van der Waals surface area contributed by atoms with Gasteiger partial charge in [0.2, 0.25) is 0 Å². The molecular weight excluding hydrogens is 407 g/mol. The van der Waals surface area contributed by atoms with Crippen molar-refractivity contribution in [1.82, 2.24) is 10.4 Å². The van der Waals surface area contributed by atoms with Crippen molar-refractivity contribution in [2.45, 2.75) is 32.2 Å². The molecule has 4 rings (SSSR count). The summed E-state index contributed by atoms with van der Waals surface area (Å²) in [6.07, 6.45) is 3.60. The number of hydrogen-bond donors (Lipinski definition) is 1. The Balaban J connectivity index is 1.66. The number of anilines is 1. The molecule has 4 nitrogen and oxygen atoms in total. The van der Waals surface area contributed by atoms with Crippen LogP contribution in [0.1, 0.15) is 37.8 Å². The maximum atomic E-state index is 13.5. The van der Waals surface area contributed by atoms with Gasteiger partial charge in [0, 0.05) is 19.0 Å². The average molecular weight is 431 g/mol. The first-order chi connectivity index (χ1) is 14.0. The second kappa shape index (κ2) is 8.78.